The van der Waals surface area contributed by atoms with Crippen LogP contribution >= 0.6 is 23.1 Å². The van der Waals surface area contributed by atoms with E-state index >= 15 is 0 Å². The fourth-order valence-electron chi connectivity index (χ4n) is 6.54. The van der Waals surface area contributed by atoms with Gasteiger partial charge >= 0.3 is 6.03 Å². The molecule has 2 heterocycles. The predicted molar refractivity (Wildman–Crippen MR) is 132 cm³/mol. The molecule has 2 aromatic rings. The lowest BCUT2D eigenvalue weighted by molar-refractivity contribution is -0.117. The molecule has 2 N–H and O–H groups in total. The predicted octanol–water partition coefficient (Wildman–Crippen LogP) is 4.15. The number of amides is 3. The second-order valence-electron chi connectivity index (χ2n) is 10.1. The molecule has 0 aromatic carbocycles. The fraction of sp³-hybridized carbons (Fsp3) is 0.583. The van der Waals surface area contributed by atoms with Crippen molar-refractivity contribution in [1.29, 1.82) is 0 Å². The SMILES string of the molecule is C=CCn1c(SCC(=O)NC(=O)NC23CC4CC(CC(C4)C2)C3)nc2sc(C)c(C)c2c1=O. The van der Waals surface area contributed by atoms with E-state index in [4.69, 9.17) is 0 Å². The van der Waals surface area contributed by atoms with Crippen LogP contribution in [0.5, 0.6) is 0 Å². The summed E-state index contributed by atoms with van der Waals surface area (Å²) in [7, 11) is 0. The van der Waals surface area contributed by atoms with Crippen molar-refractivity contribution in [3.63, 3.8) is 0 Å². The minimum absolute atomic E-state index is 0.00667. The first-order valence-corrected chi connectivity index (χ1v) is 13.4. The molecule has 4 aliphatic carbocycles. The van der Waals surface area contributed by atoms with E-state index in [9.17, 15) is 14.4 Å². The third-order valence-corrected chi connectivity index (χ3v) is 9.65. The maximum atomic E-state index is 13.1. The van der Waals surface area contributed by atoms with Crippen molar-refractivity contribution in [1.82, 2.24) is 20.2 Å². The van der Waals surface area contributed by atoms with Gasteiger partial charge < -0.3 is 5.32 Å². The lowest BCUT2D eigenvalue weighted by Crippen LogP contribution is -2.61. The van der Waals surface area contributed by atoms with Gasteiger partial charge in [0.05, 0.1) is 11.1 Å². The molecule has 9 heteroatoms. The van der Waals surface area contributed by atoms with E-state index in [1.54, 1.807) is 10.6 Å². The smallest absolute Gasteiger partial charge is 0.321 e. The van der Waals surface area contributed by atoms with Gasteiger partial charge in [-0.05, 0) is 75.7 Å². The van der Waals surface area contributed by atoms with E-state index in [-0.39, 0.29) is 22.8 Å². The molecular weight excluding hydrogens is 456 g/mol. The van der Waals surface area contributed by atoms with Gasteiger partial charge in [-0.2, -0.15) is 0 Å². The van der Waals surface area contributed by atoms with Crippen LogP contribution in [0, 0.1) is 31.6 Å². The number of carbonyl (C=O) groups is 2. The summed E-state index contributed by atoms with van der Waals surface area (Å²) in [5.74, 6) is 1.77. The van der Waals surface area contributed by atoms with Crippen LogP contribution < -0.4 is 16.2 Å². The highest BCUT2D eigenvalue weighted by atomic mass is 32.2. The van der Waals surface area contributed by atoms with Gasteiger partial charge in [0.25, 0.3) is 5.56 Å². The second-order valence-corrected chi connectivity index (χ2v) is 12.2. The van der Waals surface area contributed by atoms with Crippen LogP contribution in [0.15, 0.2) is 22.6 Å². The van der Waals surface area contributed by atoms with Crippen LogP contribution in [-0.2, 0) is 11.3 Å². The van der Waals surface area contributed by atoms with Gasteiger partial charge in [0.1, 0.15) is 4.83 Å². The van der Waals surface area contributed by atoms with Crippen LogP contribution in [-0.4, -0.2) is 32.8 Å². The molecule has 33 heavy (non-hydrogen) atoms. The van der Waals surface area contributed by atoms with Gasteiger partial charge in [0.2, 0.25) is 5.91 Å². The standard InChI is InChI=1S/C24H30N4O3S2/c1-4-5-28-21(30)19-13(2)14(3)33-20(19)26-23(28)32-12-18(29)25-22(31)27-24-9-15-6-16(10-24)8-17(7-15)11-24/h4,15-17H,1,5-12H2,2-3H3,(H2,25,27,29,31). The lowest BCUT2D eigenvalue weighted by Gasteiger charge is -2.56. The number of thiophene rings is 1. The summed E-state index contributed by atoms with van der Waals surface area (Å²) in [5.41, 5.74) is 0.684. The van der Waals surface area contributed by atoms with E-state index < -0.39 is 6.03 Å². The zero-order valence-electron chi connectivity index (χ0n) is 19.1. The molecule has 176 valence electrons. The Labute approximate surface area is 201 Å². The molecule has 4 fully saturated rings. The Bertz CT molecular complexity index is 1160. The van der Waals surface area contributed by atoms with E-state index in [1.165, 1.54) is 42.4 Å². The van der Waals surface area contributed by atoms with Crippen LogP contribution in [0.2, 0.25) is 0 Å². The first-order chi connectivity index (χ1) is 15.8. The van der Waals surface area contributed by atoms with Crippen molar-refractivity contribution in [3.05, 3.63) is 33.4 Å². The summed E-state index contributed by atoms with van der Waals surface area (Å²) in [6.45, 7) is 7.96. The molecule has 4 aliphatic rings. The Hall–Kier alpha value is -2.13. The molecule has 0 aliphatic heterocycles. The molecule has 4 bridgehead atoms. The Kier molecular flexibility index (Phi) is 5.89. The van der Waals surface area contributed by atoms with Crippen molar-refractivity contribution in [3.8, 4) is 0 Å². The van der Waals surface area contributed by atoms with Crippen molar-refractivity contribution in [2.45, 2.75) is 69.6 Å². The summed E-state index contributed by atoms with van der Waals surface area (Å²) in [4.78, 5) is 44.7. The molecule has 3 amide bonds. The first-order valence-electron chi connectivity index (χ1n) is 11.6. The van der Waals surface area contributed by atoms with Crippen molar-refractivity contribution < 1.29 is 9.59 Å². The highest BCUT2D eigenvalue weighted by Crippen LogP contribution is 2.55. The summed E-state index contributed by atoms with van der Waals surface area (Å²) in [6, 6.07) is -0.404. The van der Waals surface area contributed by atoms with Crippen molar-refractivity contribution in [2.24, 2.45) is 17.8 Å². The minimum Gasteiger partial charge on any atom is -0.332 e. The molecule has 6 rings (SSSR count). The van der Waals surface area contributed by atoms with Crippen LogP contribution in [0.4, 0.5) is 4.79 Å². The third kappa shape index (κ3) is 4.25. The minimum atomic E-state index is -0.404. The summed E-state index contributed by atoms with van der Waals surface area (Å²) >= 11 is 2.65. The molecule has 0 saturated heterocycles. The quantitative estimate of drug-likeness (QED) is 0.364. The topological polar surface area (TPSA) is 93.1 Å². The number of hydrogen-bond acceptors (Lipinski definition) is 6. The summed E-state index contributed by atoms with van der Waals surface area (Å²) in [5, 5.41) is 6.76. The largest absolute Gasteiger partial charge is 0.332 e. The number of hydrogen-bond donors (Lipinski definition) is 2. The highest BCUT2D eigenvalue weighted by Gasteiger charge is 2.51. The average Bonchev–Trinajstić information content (AvgIpc) is 3.01. The Morgan fingerprint density at radius 2 is 1.85 bits per heavy atom. The van der Waals surface area contributed by atoms with Crippen LogP contribution in [0.25, 0.3) is 10.2 Å². The molecule has 7 nitrogen and oxygen atoms in total. The summed E-state index contributed by atoms with van der Waals surface area (Å²) in [6.07, 6.45) is 8.64. The van der Waals surface area contributed by atoms with Crippen LogP contribution in [0.3, 0.4) is 0 Å². The third-order valence-electron chi connectivity index (χ3n) is 7.57. The van der Waals surface area contributed by atoms with Gasteiger partial charge in [0.15, 0.2) is 5.16 Å². The molecule has 4 saturated carbocycles. The number of imide groups is 1. The number of urea groups is 1. The number of thioether (sulfide) groups is 1. The van der Waals surface area contributed by atoms with Gasteiger partial charge in [-0.15, -0.1) is 17.9 Å². The average molecular weight is 487 g/mol. The van der Waals surface area contributed by atoms with Gasteiger partial charge in [0, 0.05) is 17.0 Å². The maximum absolute atomic E-state index is 13.1. The van der Waals surface area contributed by atoms with E-state index in [0.29, 0.717) is 21.9 Å². The summed E-state index contributed by atoms with van der Waals surface area (Å²) < 4.78 is 1.54. The Morgan fingerprint density at radius 3 is 2.45 bits per heavy atom. The fourth-order valence-corrected chi connectivity index (χ4v) is 8.42. The Morgan fingerprint density at radius 1 is 1.21 bits per heavy atom. The molecule has 0 unspecified atom stereocenters. The number of nitrogens with one attached hydrogen (secondary N) is 2. The van der Waals surface area contributed by atoms with Gasteiger partial charge in [-0.25, -0.2) is 9.78 Å². The number of fused-ring (bicyclic) bond motifs is 1. The number of aromatic nitrogens is 2. The molecule has 0 radical (unpaired) electrons. The van der Waals surface area contributed by atoms with Crippen molar-refractivity contribution >= 4 is 45.3 Å². The Balaban J connectivity index is 1.25. The number of nitrogens with zero attached hydrogens (tertiary/aromatic N) is 2. The van der Waals surface area contributed by atoms with Gasteiger partial charge in [-0.3, -0.25) is 19.5 Å². The zero-order valence-corrected chi connectivity index (χ0v) is 20.7. The van der Waals surface area contributed by atoms with Crippen LogP contribution in [0.1, 0.15) is 49.0 Å². The number of allylic oxidation sites excluding steroid dienone is 1. The number of aryl methyl sites for hydroxylation is 2. The molecule has 0 spiro atoms. The van der Waals surface area contributed by atoms with E-state index in [0.717, 1.165) is 47.5 Å². The second kappa shape index (κ2) is 8.58. The monoisotopic (exact) mass is 486 g/mol. The normalized spacial score (nSPS) is 27.6. The maximum Gasteiger partial charge on any atom is 0.321 e. The van der Waals surface area contributed by atoms with Gasteiger partial charge in [-0.1, -0.05) is 17.8 Å². The first kappa shape index (κ1) is 22.7. The number of carbonyl (C=O) groups excluding carboxylic acids is 2. The highest BCUT2D eigenvalue weighted by molar-refractivity contribution is 7.99. The molecule has 2 aromatic heterocycles. The number of rotatable bonds is 6. The lowest BCUT2D eigenvalue weighted by atomic mass is 9.53. The zero-order chi connectivity index (χ0) is 23.3. The molecular formula is C24H30N4O3S2. The van der Waals surface area contributed by atoms with Crippen molar-refractivity contribution in [2.75, 3.05) is 5.75 Å². The van der Waals surface area contributed by atoms with E-state index in [2.05, 4.69) is 22.2 Å². The molecule has 0 atom stereocenters. The van der Waals surface area contributed by atoms with E-state index in [1.807, 2.05) is 13.8 Å².